The van der Waals surface area contributed by atoms with Gasteiger partial charge in [0.05, 0.1) is 20.0 Å². The normalized spacial score (nSPS) is 19.7. The van der Waals surface area contributed by atoms with Gasteiger partial charge in [0.15, 0.2) is 5.78 Å². The molecular formula is C25H28N6O3. The molecule has 9 nitrogen and oxygen atoms in total. The molecule has 2 aliphatic rings. The summed E-state index contributed by atoms with van der Waals surface area (Å²) >= 11 is 0. The number of hydrogen-bond acceptors (Lipinski definition) is 7. The van der Waals surface area contributed by atoms with Crippen molar-refractivity contribution < 1.29 is 9.53 Å². The predicted molar refractivity (Wildman–Crippen MR) is 128 cm³/mol. The number of ketones is 1. The van der Waals surface area contributed by atoms with E-state index >= 15 is 0 Å². The first-order chi connectivity index (χ1) is 16.5. The number of piperazine rings is 1. The number of anilines is 1. The van der Waals surface area contributed by atoms with Gasteiger partial charge in [-0.3, -0.25) is 14.2 Å². The summed E-state index contributed by atoms with van der Waals surface area (Å²) in [7, 11) is 1.55. The third-order valence-corrected chi connectivity index (χ3v) is 6.93. The molecule has 0 radical (unpaired) electrons. The van der Waals surface area contributed by atoms with E-state index in [1.54, 1.807) is 31.4 Å². The fourth-order valence-corrected chi connectivity index (χ4v) is 4.78. The van der Waals surface area contributed by atoms with Crippen molar-refractivity contribution in [3.05, 3.63) is 52.1 Å². The molecule has 0 amide bonds. The van der Waals surface area contributed by atoms with E-state index in [4.69, 9.17) is 4.74 Å². The number of fused-ring (bicyclic) bond motifs is 1. The van der Waals surface area contributed by atoms with Crippen LogP contribution < -0.4 is 20.5 Å². The lowest BCUT2D eigenvalue weighted by atomic mass is 10.1. The van der Waals surface area contributed by atoms with Crippen molar-refractivity contribution in [2.24, 2.45) is 11.8 Å². The van der Waals surface area contributed by atoms with Crippen LogP contribution in [0.2, 0.25) is 0 Å². The molecule has 2 atom stereocenters. The van der Waals surface area contributed by atoms with Crippen molar-refractivity contribution in [3.8, 4) is 11.8 Å². The first kappa shape index (κ1) is 22.2. The first-order valence-electron chi connectivity index (χ1n) is 11.7. The highest BCUT2D eigenvalue weighted by Crippen LogP contribution is 2.41. The highest BCUT2D eigenvalue weighted by Gasteiger charge is 2.36. The Hall–Kier alpha value is -3.64. The fourth-order valence-electron chi connectivity index (χ4n) is 4.78. The summed E-state index contributed by atoms with van der Waals surface area (Å²) in [5.41, 5.74) is 1.43. The standard InChI is InChI=1S/C25H28N6O3/c1-16-10-18(16)13-31-23-22(20(12-26)24(31)29-8-6-27-7-9-29)28-15-30(25(23)33)14-21(32)17-4-3-5-19(11-17)34-2/h3-5,11,15-16,18,27H,6-10,13-14H2,1-2H3/t16-,18+/m1/s1. The average Bonchev–Trinajstić information content (AvgIpc) is 3.46. The lowest BCUT2D eigenvalue weighted by Gasteiger charge is -2.30. The number of nitrogens with one attached hydrogen (secondary N) is 1. The molecule has 1 aliphatic heterocycles. The summed E-state index contributed by atoms with van der Waals surface area (Å²) in [6, 6.07) is 9.19. The van der Waals surface area contributed by atoms with Crippen LogP contribution in [0.25, 0.3) is 11.0 Å². The van der Waals surface area contributed by atoms with Crippen molar-refractivity contribution >= 4 is 22.6 Å². The van der Waals surface area contributed by atoms with Crippen molar-refractivity contribution in [1.82, 2.24) is 19.4 Å². The molecule has 1 N–H and O–H groups in total. The van der Waals surface area contributed by atoms with Crippen LogP contribution in [0, 0.1) is 23.2 Å². The first-order valence-corrected chi connectivity index (χ1v) is 11.7. The van der Waals surface area contributed by atoms with Crippen LogP contribution in [0.5, 0.6) is 5.75 Å². The second-order valence-electron chi connectivity index (χ2n) is 9.16. The fraction of sp³-hybridized carbons (Fsp3) is 0.440. The number of aromatic nitrogens is 3. The second-order valence-corrected chi connectivity index (χ2v) is 9.16. The van der Waals surface area contributed by atoms with Gasteiger partial charge in [0.2, 0.25) is 0 Å². The summed E-state index contributed by atoms with van der Waals surface area (Å²) in [5, 5.41) is 13.4. The summed E-state index contributed by atoms with van der Waals surface area (Å²) in [4.78, 5) is 33.3. The molecule has 0 unspecified atom stereocenters. The van der Waals surface area contributed by atoms with E-state index in [-0.39, 0.29) is 17.9 Å². The number of carbonyl (C=O) groups excluding carboxylic acids is 1. The molecule has 34 heavy (non-hydrogen) atoms. The molecule has 176 valence electrons. The Morgan fingerprint density at radius 3 is 2.76 bits per heavy atom. The van der Waals surface area contributed by atoms with Gasteiger partial charge in [0.1, 0.15) is 34.2 Å². The van der Waals surface area contributed by atoms with Gasteiger partial charge in [0, 0.05) is 38.3 Å². The number of Topliss-reactive ketones (excluding diaryl/α,β-unsaturated/α-hetero) is 1. The minimum Gasteiger partial charge on any atom is -0.497 e. The summed E-state index contributed by atoms with van der Waals surface area (Å²) < 4.78 is 8.56. The maximum absolute atomic E-state index is 13.7. The summed E-state index contributed by atoms with van der Waals surface area (Å²) in [6.07, 6.45) is 2.49. The summed E-state index contributed by atoms with van der Waals surface area (Å²) in [6.45, 7) is 5.89. The number of hydrogen-bond donors (Lipinski definition) is 1. The molecule has 5 rings (SSSR count). The minimum absolute atomic E-state index is 0.134. The molecule has 1 saturated heterocycles. The molecule has 0 spiro atoms. The quantitative estimate of drug-likeness (QED) is 0.538. The van der Waals surface area contributed by atoms with Crippen LogP contribution in [0.3, 0.4) is 0 Å². The SMILES string of the molecule is COc1cccc(C(=O)Cn2cnc3c(C#N)c(N4CCNCC4)n(C[C@@H]4C[C@H]4C)c3c2=O)c1. The smallest absolute Gasteiger partial charge is 0.278 e. The number of benzene rings is 1. The molecule has 1 saturated carbocycles. The Bertz CT molecular complexity index is 1350. The van der Waals surface area contributed by atoms with Crippen LogP contribution in [0.1, 0.15) is 29.3 Å². The van der Waals surface area contributed by atoms with E-state index in [0.29, 0.717) is 46.3 Å². The number of ether oxygens (including phenoxy) is 1. The lowest BCUT2D eigenvalue weighted by molar-refractivity contribution is 0.0970. The van der Waals surface area contributed by atoms with Crippen molar-refractivity contribution in [2.45, 2.75) is 26.4 Å². The van der Waals surface area contributed by atoms with Crippen molar-refractivity contribution in [3.63, 3.8) is 0 Å². The van der Waals surface area contributed by atoms with E-state index in [1.807, 2.05) is 4.57 Å². The lowest BCUT2D eigenvalue weighted by Crippen LogP contribution is -2.44. The Morgan fingerprint density at radius 1 is 1.32 bits per heavy atom. The zero-order valence-corrected chi connectivity index (χ0v) is 19.5. The number of nitriles is 1. The highest BCUT2D eigenvalue weighted by molar-refractivity contribution is 5.96. The zero-order valence-electron chi connectivity index (χ0n) is 19.5. The van der Waals surface area contributed by atoms with Crippen LogP contribution in [0.4, 0.5) is 5.82 Å². The molecule has 0 bridgehead atoms. The number of methoxy groups -OCH3 is 1. The van der Waals surface area contributed by atoms with E-state index in [0.717, 1.165) is 38.4 Å². The maximum atomic E-state index is 13.7. The van der Waals surface area contributed by atoms with Gasteiger partial charge >= 0.3 is 0 Å². The highest BCUT2D eigenvalue weighted by atomic mass is 16.5. The third-order valence-electron chi connectivity index (χ3n) is 6.93. The van der Waals surface area contributed by atoms with Gasteiger partial charge in [0.25, 0.3) is 5.56 Å². The topological polar surface area (TPSA) is 105 Å². The zero-order chi connectivity index (χ0) is 23.8. The molecule has 3 heterocycles. The van der Waals surface area contributed by atoms with Crippen LogP contribution in [0.15, 0.2) is 35.4 Å². The monoisotopic (exact) mass is 460 g/mol. The summed E-state index contributed by atoms with van der Waals surface area (Å²) in [5.74, 6) is 2.21. The molecule has 1 aliphatic carbocycles. The van der Waals surface area contributed by atoms with Gasteiger partial charge < -0.3 is 19.5 Å². The van der Waals surface area contributed by atoms with E-state index in [2.05, 4.69) is 28.2 Å². The third kappa shape index (κ3) is 3.94. The molecule has 1 aromatic carbocycles. The molecular weight excluding hydrogens is 432 g/mol. The maximum Gasteiger partial charge on any atom is 0.278 e. The number of carbonyl (C=O) groups is 1. The van der Waals surface area contributed by atoms with E-state index in [9.17, 15) is 14.9 Å². The molecule has 9 heteroatoms. The Morgan fingerprint density at radius 2 is 2.09 bits per heavy atom. The number of rotatable bonds is 7. The van der Waals surface area contributed by atoms with Gasteiger partial charge in [-0.05, 0) is 30.4 Å². The molecule has 3 aromatic rings. The Labute approximate surface area is 197 Å². The van der Waals surface area contributed by atoms with Crippen molar-refractivity contribution in [1.29, 1.82) is 5.26 Å². The largest absolute Gasteiger partial charge is 0.497 e. The minimum atomic E-state index is -0.299. The Kier molecular flexibility index (Phi) is 5.84. The van der Waals surface area contributed by atoms with Gasteiger partial charge in [-0.15, -0.1) is 0 Å². The van der Waals surface area contributed by atoms with E-state index in [1.165, 1.54) is 10.9 Å². The Balaban J connectivity index is 1.60. The van der Waals surface area contributed by atoms with Gasteiger partial charge in [-0.2, -0.15) is 5.26 Å². The molecule has 2 aromatic heterocycles. The van der Waals surface area contributed by atoms with Gasteiger partial charge in [-0.25, -0.2) is 4.98 Å². The average molecular weight is 461 g/mol. The van der Waals surface area contributed by atoms with Gasteiger partial charge in [-0.1, -0.05) is 19.1 Å². The van der Waals surface area contributed by atoms with Crippen LogP contribution >= 0.6 is 0 Å². The van der Waals surface area contributed by atoms with Crippen molar-refractivity contribution in [2.75, 3.05) is 38.2 Å². The second kappa shape index (κ2) is 8.95. The van der Waals surface area contributed by atoms with Crippen LogP contribution in [-0.4, -0.2) is 53.2 Å². The van der Waals surface area contributed by atoms with E-state index < -0.39 is 0 Å². The predicted octanol–water partition coefficient (Wildman–Crippen LogP) is 2.03. The number of nitrogens with zero attached hydrogens (tertiary/aromatic N) is 5. The van der Waals surface area contributed by atoms with Crippen LogP contribution in [-0.2, 0) is 13.1 Å². The molecule has 2 fully saturated rings.